The molecule has 0 heterocycles. The highest BCUT2D eigenvalue weighted by molar-refractivity contribution is 7.32. The van der Waals surface area contributed by atoms with Gasteiger partial charge in [0.2, 0.25) is 6.10 Å². The molecule has 1 N–H and O–H groups in total. The summed E-state index contributed by atoms with van der Waals surface area (Å²) in [7, 11) is -2.75. The van der Waals surface area contributed by atoms with Gasteiger partial charge in [0.25, 0.3) is 0 Å². The largest absolute Gasteiger partial charge is 0.695 e. The van der Waals surface area contributed by atoms with E-state index in [-0.39, 0.29) is 6.61 Å². The number of hydrogen-bond acceptors (Lipinski definition) is 4. The van der Waals surface area contributed by atoms with Crippen LogP contribution in [0, 0.1) is 0 Å². The summed E-state index contributed by atoms with van der Waals surface area (Å²) in [6.45, 7) is 3.75. The molecule has 0 spiro atoms. The Bertz CT molecular complexity index is 182. The summed E-state index contributed by atoms with van der Waals surface area (Å²) in [4.78, 5) is 19.5. The van der Waals surface area contributed by atoms with Crippen molar-refractivity contribution >= 4 is 14.2 Å². The Kier molecular flexibility index (Phi) is 6.68. The van der Waals surface area contributed by atoms with Gasteiger partial charge in [-0.3, -0.25) is 0 Å². The van der Waals surface area contributed by atoms with Gasteiger partial charge in [0.1, 0.15) is 0 Å². The first-order valence-electron chi connectivity index (χ1n) is 4.11. The number of rotatable bonds is 6. The lowest BCUT2D eigenvalue weighted by Gasteiger charge is -2.07. The van der Waals surface area contributed by atoms with Crippen LogP contribution < -0.4 is 0 Å². The molecule has 0 aliphatic carbocycles. The first kappa shape index (κ1) is 12.5. The van der Waals surface area contributed by atoms with Crippen molar-refractivity contribution in [2.24, 2.45) is 0 Å². The summed E-state index contributed by atoms with van der Waals surface area (Å²) < 4.78 is 19.5. The molecule has 2 atom stereocenters. The normalized spacial score (nSPS) is 13.6. The second-order valence-corrected chi connectivity index (χ2v) is 3.06. The quantitative estimate of drug-likeness (QED) is 0.528. The maximum atomic E-state index is 11.1. The fourth-order valence-electron chi connectivity index (χ4n) is 0.820. The molecule has 5 nitrogen and oxygen atoms in total. The first-order chi connectivity index (χ1) is 6.11. The fourth-order valence-corrected chi connectivity index (χ4v) is 1.23. The van der Waals surface area contributed by atoms with E-state index in [0.717, 1.165) is 0 Å². The molecule has 0 saturated carbocycles. The van der Waals surface area contributed by atoms with Crippen molar-refractivity contribution < 1.29 is 23.5 Å². The topological polar surface area (TPSA) is 72.8 Å². The van der Waals surface area contributed by atoms with E-state index in [1.165, 1.54) is 0 Å². The number of hydrogen-bond donors (Lipinski definition) is 1. The van der Waals surface area contributed by atoms with E-state index in [2.05, 4.69) is 9.26 Å². The van der Waals surface area contributed by atoms with Gasteiger partial charge in [-0.1, -0.05) is 13.3 Å². The molecule has 0 aliphatic rings. The van der Waals surface area contributed by atoms with Crippen molar-refractivity contribution in [3.63, 3.8) is 0 Å². The monoisotopic (exact) mass is 209 g/mol. The van der Waals surface area contributed by atoms with E-state index >= 15 is 0 Å². The van der Waals surface area contributed by atoms with Crippen LogP contribution >= 0.6 is 8.25 Å². The van der Waals surface area contributed by atoms with Gasteiger partial charge < -0.3 is 4.74 Å². The third-order valence-electron chi connectivity index (χ3n) is 1.32. The summed E-state index contributed by atoms with van der Waals surface area (Å²) in [6.07, 6.45) is 0.159. The van der Waals surface area contributed by atoms with Gasteiger partial charge in [-0.25, -0.2) is 4.79 Å². The van der Waals surface area contributed by atoms with E-state index in [4.69, 9.17) is 4.89 Å². The zero-order valence-electron chi connectivity index (χ0n) is 7.73. The molecular formula is C7H14O5P+. The molecule has 0 bridgehead atoms. The lowest BCUT2D eigenvalue weighted by molar-refractivity contribution is -0.151. The zero-order valence-corrected chi connectivity index (χ0v) is 8.62. The second kappa shape index (κ2) is 6.95. The van der Waals surface area contributed by atoms with E-state index in [0.29, 0.717) is 12.8 Å². The van der Waals surface area contributed by atoms with Crippen LogP contribution in [-0.2, 0) is 18.6 Å². The van der Waals surface area contributed by atoms with Crippen LogP contribution in [0.3, 0.4) is 0 Å². The van der Waals surface area contributed by atoms with Crippen molar-refractivity contribution in [1.29, 1.82) is 0 Å². The molecule has 6 heteroatoms. The number of ether oxygens (including phenoxy) is 1. The van der Waals surface area contributed by atoms with Crippen molar-refractivity contribution in [1.82, 2.24) is 0 Å². The van der Waals surface area contributed by atoms with Crippen molar-refractivity contribution in [3.8, 4) is 0 Å². The van der Waals surface area contributed by atoms with Gasteiger partial charge in [-0.05, 0) is 13.3 Å². The maximum absolute atomic E-state index is 11.1. The smallest absolute Gasteiger partial charge is 0.464 e. The van der Waals surface area contributed by atoms with Gasteiger partial charge in [-0.2, -0.15) is 0 Å². The average Bonchev–Trinajstić information content (AvgIpc) is 2.03. The minimum Gasteiger partial charge on any atom is -0.464 e. The summed E-state index contributed by atoms with van der Waals surface area (Å²) in [5, 5.41) is 0. The van der Waals surface area contributed by atoms with Crippen molar-refractivity contribution in [2.45, 2.75) is 32.8 Å². The Hall–Kier alpha value is -0.510. The average molecular weight is 209 g/mol. The highest BCUT2D eigenvalue weighted by Crippen LogP contribution is 2.21. The summed E-state index contributed by atoms with van der Waals surface area (Å²) in [5.74, 6) is -0.582. The van der Waals surface area contributed by atoms with E-state index < -0.39 is 20.3 Å². The molecule has 0 saturated heterocycles. The van der Waals surface area contributed by atoms with Crippen LogP contribution in [0.1, 0.15) is 26.7 Å². The fraction of sp³-hybridized carbons (Fsp3) is 0.857. The van der Waals surface area contributed by atoms with Crippen LogP contribution in [0.5, 0.6) is 0 Å². The van der Waals surface area contributed by atoms with Gasteiger partial charge in [0.15, 0.2) is 0 Å². The van der Waals surface area contributed by atoms with Gasteiger partial charge in [0, 0.05) is 4.57 Å². The molecule has 0 amide bonds. The predicted molar refractivity (Wildman–Crippen MR) is 46.2 cm³/mol. The third-order valence-corrected chi connectivity index (χ3v) is 1.75. The van der Waals surface area contributed by atoms with Crippen LogP contribution in [-0.4, -0.2) is 23.6 Å². The number of carbonyl (C=O) groups excluding carboxylic acids is 1. The molecule has 76 valence electrons. The lowest BCUT2D eigenvalue weighted by atomic mass is 10.2. The Morgan fingerprint density at radius 2 is 2.15 bits per heavy atom. The van der Waals surface area contributed by atoms with Gasteiger partial charge >= 0.3 is 14.2 Å². The minimum atomic E-state index is -2.75. The van der Waals surface area contributed by atoms with Crippen LogP contribution in [0.15, 0.2) is 0 Å². The van der Waals surface area contributed by atoms with E-state index in [1.807, 2.05) is 6.92 Å². The molecule has 13 heavy (non-hydrogen) atoms. The zero-order chi connectivity index (χ0) is 10.3. The highest BCUT2D eigenvalue weighted by atomic mass is 31.1. The molecule has 0 aliphatic heterocycles. The van der Waals surface area contributed by atoms with Crippen molar-refractivity contribution in [3.05, 3.63) is 0 Å². The predicted octanol–water partition coefficient (Wildman–Crippen LogP) is 1.38. The van der Waals surface area contributed by atoms with Gasteiger partial charge in [0.05, 0.1) is 6.61 Å². The highest BCUT2D eigenvalue weighted by Gasteiger charge is 2.29. The van der Waals surface area contributed by atoms with Crippen LogP contribution in [0.25, 0.3) is 0 Å². The number of carbonyl (C=O) groups is 1. The molecule has 0 aromatic heterocycles. The molecule has 0 aromatic rings. The van der Waals surface area contributed by atoms with Gasteiger partial charge in [-0.15, -0.1) is 9.42 Å². The first-order valence-corrected chi connectivity index (χ1v) is 5.24. The molecule has 0 radical (unpaired) electrons. The van der Waals surface area contributed by atoms with Crippen LogP contribution in [0.4, 0.5) is 0 Å². The third kappa shape index (κ3) is 5.69. The Morgan fingerprint density at radius 1 is 1.54 bits per heavy atom. The Morgan fingerprint density at radius 3 is 2.54 bits per heavy atom. The summed E-state index contributed by atoms with van der Waals surface area (Å²) in [6, 6.07) is 0. The van der Waals surface area contributed by atoms with E-state index in [9.17, 15) is 9.36 Å². The Balaban J connectivity index is 4.06. The Labute approximate surface area is 78.0 Å². The molecule has 0 fully saturated rings. The SMILES string of the molecule is CCCC(O[P+](=O)O)C(=O)OCC. The lowest BCUT2D eigenvalue weighted by Crippen LogP contribution is -2.24. The molecule has 0 aromatic carbocycles. The second-order valence-electron chi connectivity index (χ2n) is 2.37. The standard InChI is InChI=1S/C7H13O5P/c1-3-5-6(12-13(9)10)7(8)11-4-2/h6H,3-5H2,1-2H3/p+1. The maximum Gasteiger partial charge on any atom is 0.695 e. The van der Waals surface area contributed by atoms with Crippen molar-refractivity contribution in [2.75, 3.05) is 6.61 Å². The minimum absolute atomic E-state index is 0.241. The van der Waals surface area contributed by atoms with E-state index in [1.54, 1.807) is 6.92 Å². The molecule has 0 rings (SSSR count). The number of esters is 1. The summed E-state index contributed by atoms with van der Waals surface area (Å²) in [5.41, 5.74) is 0. The van der Waals surface area contributed by atoms with Crippen LogP contribution in [0.2, 0.25) is 0 Å². The molecular weight excluding hydrogens is 195 g/mol. The summed E-state index contributed by atoms with van der Waals surface area (Å²) >= 11 is 0. The molecule has 2 unspecified atom stereocenters.